The number of aliphatic hydroxyl groups excluding tert-OH is 2. The Bertz CT molecular complexity index is 1470. The summed E-state index contributed by atoms with van der Waals surface area (Å²) in [6.45, 7) is 3.46. The van der Waals surface area contributed by atoms with E-state index in [1.54, 1.807) is 12.1 Å². The van der Waals surface area contributed by atoms with Crippen LogP contribution in [-0.2, 0) is 21.2 Å². The van der Waals surface area contributed by atoms with E-state index in [1.807, 2.05) is 13.8 Å². The molecule has 1 fully saturated rings. The molecule has 2 aromatic carbocycles. The molecule has 0 radical (unpaired) electrons. The molecule has 1 unspecified atom stereocenters. The number of amidine groups is 1. The molecule has 222 valence electrons. The van der Waals surface area contributed by atoms with E-state index in [1.165, 1.54) is 22.5 Å². The number of fused-ring (bicyclic) bond motifs is 1. The van der Waals surface area contributed by atoms with Gasteiger partial charge in [0.25, 0.3) is 5.91 Å². The van der Waals surface area contributed by atoms with E-state index < -0.39 is 34.6 Å². The van der Waals surface area contributed by atoms with Crippen molar-refractivity contribution in [2.24, 2.45) is 4.99 Å². The average molecular weight is 596 g/mol. The lowest BCUT2D eigenvalue weighted by Crippen LogP contribution is -2.50. The van der Waals surface area contributed by atoms with E-state index >= 15 is 0 Å². The molecule has 14 heteroatoms. The number of piperidine rings is 1. The molecule has 3 aliphatic heterocycles. The van der Waals surface area contributed by atoms with Gasteiger partial charge in [-0.1, -0.05) is 0 Å². The Morgan fingerprint density at radius 2 is 1.78 bits per heavy atom. The minimum absolute atomic E-state index is 0.0568. The number of rotatable bonds is 9. The fourth-order valence-electron chi connectivity index (χ4n) is 5.26. The van der Waals surface area contributed by atoms with E-state index in [-0.39, 0.29) is 68.0 Å². The summed E-state index contributed by atoms with van der Waals surface area (Å²) in [5.41, 5.74) is 1.81. The van der Waals surface area contributed by atoms with Crippen molar-refractivity contribution in [2.75, 3.05) is 32.1 Å². The molecular formula is C27H31F2N3O8S. The van der Waals surface area contributed by atoms with Gasteiger partial charge in [-0.2, -0.15) is 0 Å². The van der Waals surface area contributed by atoms with Gasteiger partial charge in [0, 0.05) is 18.7 Å². The summed E-state index contributed by atoms with van der Waals surface area (Å²) in [5.74, 6) is -0.0456. The van der Waals surface area contributed by atoms with Gasteiger partial charge in [0.2, 0.25) is 10.0 Å². The summed E-state index contributed by atoms with van der Waals surface area (Å²) in [5, 5.41) is 21.1. The number of aliphatic hydroxyl groups is 2. The van der Waals surface area contributed by atoms with Crippen molar-refractivity contribution >= 4 is 21.8 Å². The maximum absolute atomic E-state index is 13.4. The van der Waals surface area contributed by atoms with Crippen LogP contribution in [0.3, 0.4) is 0 Å². The summed E-state index contributed by atoms with van der Waals surface area (Å²) in [6.07, 6.45) is -4.12. The van der Waals surface area contributed by atoms with E-state index in [9.17, 15) is 27.1 Å². The lowest BCUT2D eigenvalue weighted by molar-refractivity contribution is -0.286. The molecule has 3 heterocycles. The number of carbonyl (C=O) groups is 1. The van der Waals surface area contributed by atoms with Crippen molar-refractivity contribution in [1.82, 2.24) is 9.62 Å². The number of nitrogens with one attached hydrogen (secondary N) is 1. The summed E-state index contributed by atoms with van der Waals surface area (Å²) in [7, 11) is -3.64. The molecule has 1 spiro atoms. The number of benzene rings is 2. The Morgan fingerprint density at radius 3 is 2.44 bits per heavy atom. The number of carbonyl (C=O) groups excluding carboxylic acids is 1. The third-order valence-electron chi connectivity index (χ3n) is 7.53. The average Bonchev–Trinajstić information content (AvgIpc) is 3.40. The zero-order valence-electron chi connectivity index (χ0n) is 22.5. The highest BCUT2D eigenvalue weighted by Gasteiger charge is 2.48. The van der Waals surface area contributed by atoms with Gasteiger partial charge in [-0.25, -0.2) is 12.7 Å². The predicted molar refractivity (Wildman–Crippen MR) is 143 cm³/mol. The molecular weight excluding hydrogens is 564 g/mol. The Labute approximate surface area is 235 Å². The maximum atomic E-state index is 13.4. The number of alkyl halides is 2. The SMILES string of the molecule is Cc1cc(OCC(O)CO)cc(C)c1CCS(=O)(=O)N1CCC2(CC1)N=C(c1ccc3c(c1)OC(F)(F)O3)NC2=O. The zero-order chi connectivity index (χ0) is 29.6. The van der Waals surface area contributed by atoms with E-state index in [0.29, 0.717) is 11.3 Å². The predicted octanol–water partition coefficient (Wildman–Crippen LogP) is 1.64. The molecule has 0 aliphatic carbocycles. The van der Waals surface area contributed by atoms with Crippen LogP contribution >= 0.6 is 0 Å². The lowest BCUT2D eigenvalue weighted by Gasteiger charge is -2.34. The Hall–Kier alpha value is -3.33. The third-order valence-corrected chi connectivity index (χ3v) is 9.40. The zero-order valence-corrected chi connectivity index (χ0v) is 23.3. The van der Waals surface area contributed by atoms with Gasteiger partial charge in [-0.15, -0.1) is 8.78 Å². The van der Waals surface area contributed by atoms with Crippen LogP contribution in [0.5, 0.6) is 17.2 Å². The minimum atomic E-state index is -3.76. The molecule has 1 amide bonds. The van der Waals surface area contributed by atoms with E-state index in [0.717, 1.165) is 16.7 Å². The van der Waals surface area contributed by atoms with Crippen LogP contribution in [0.2, 0.25) is 0 Å². The first-order chi connectivity index (χ1) is 19.3. The smallest absolute Gasteiger partial charge is 0.491 e. The second-order valence-corrected chi connectivity index (χ2v) is 12.5. The monoisotopic (exact) mass is 595 g/mol. The number of aryl methyl sites for hydroxylation is 2. The van der Waals surface area contributed by atoms with Crippen LogP contribution in [0, 0.1) is 13.8 Å². The van der Waals surface area contributed by atoms with Crippen LogP contribution in [-0.4, -0.2) is 84.7 Å². The highest BCUT2D eigenvalue weighted by atomic mass is 32.2. The molecule has 1 atom stereocenters. The third kappa shape index (κ3) is 6.01. The number of hydrogen-bond acceptors (Lipinski definition) is 9. The molecule has 0 aromatic heterocycles. The van der Waals surface area contributed by atoms with Crippen molar-refractivity contribution in [1.29, 1.82) is 0 Å². The van der Waals surface area contributed by atoms with Crippen molar-refractivity contribution in [3.63, 3.8) is 0 Å². The second kappa shape index (κ2) is 10.8. The maximum Gasteiger partial charge on any atom is 0.586 e. The number of ether oxygens (including phenoxy) is 3. The van der Waals surface area contributed by atoms with E-state index in [2.05, 4.69) is 19.8 Å². The standard InChI is InChI=1S/C27H31F2N3O8S/c1-16-11-20(38-15-19(34)14-33)12-17(2)21(16)5-10-41(36,37)32-8-6-26(7-9-32)25(35)30-24(31-26)18-3-4-22-23(13-18)40-27(28,29)39-22/h3-4,11-13,19,33-34H,5-10,14-15H2,1-2H3,(H,30,31,35). The van der Waals surface area contributed by atoms with Crippen LogP contribution in [0.1, 0.15) is 35.1 Å². The van der Waals surface area contributed by atoms with Gasteiger partial charge in [0.1, 0.15) is 29.8 Å². The van der Waals surface area contributed by atoms with Crippen molar-refractivity contribution in [3.05, 3.63) is 52.6 Å². The largest absolute Gasteiger partial charge is 0.586 e. The minimum Gasteiger partial charge on any atom is -0.491 e. The second-order valence-electron chi connectivity index (χ2n) is 10.4. The van der Waals surface area contributed by atoms with E-state index in [4.69, 9.17) is 9.84 Å². The van der Waals surface area contributed by atoms with Crippen LogP contribution < -0.4 is 19.5 Å². The van der Waals surface area contributed by atoms with Gasteiger partial charge in [-0.3, -0.25) is 9.79 Å². The number of halogens is 2. The Morgan fingerprint density at radius 1 is 1.12 bits per heavy atom. The quantitative estimate of drug-likeness (QED) is 0.397. The molecule has 41 heavy (non-hydrogen) atoms. The van der Waals surface area contributed by atoms with Crippen molar-refractivity contribution in [3.8, 4) is 17.2 Å². The van der Waals surface area contributed by atoms with Crippen molar-refractivity contribution in [2.45, 2.75) is 51.0 Å². The molecule has 5 rings (SSSR count). The van der Waals surface area contributed by atoms with Crippen LogP contribution in [0.4, 0.5) is 8.78 Å². The molecule has 11 nitrogen and oxygen atoms in total. The summed E-state index contributed by atoms with van der Waals surface area (Å²) in [6, 6.07) is 7.65. The van der Waals surface area contributed by atoms with Gasteiger partial charge in [0.05, 0.1) is 12.4 Å². The molecule has 1 saturated heterocycles. The van der Waals surface area contributed by atoms with Crippen LogP contribution in [0.25, 0.3) is 0 Å². The first-order valence-electron chi connectivity index (χ1n) is 13.1. The highest BCUT2D eigenvalue weighted by Crippen LogP contribution is 2.42. The number of hydrogen-bond donors (Lipinski definition) is 3. The number of sulfonamides is 1. The topological polar surface area (TPSA) is 147 Å². The van der Waals surface area contributed by atoms with Gasteiger partial charge >= 0.3 is 6.29 Å². The first kappa shape index (κ1) is 29.2. The highest BCUT2D eigenvalue weighted by molar-refractivity contribution is 7.89. The Balaban J connectivity index is 1.21. The number of amides is 1. The van der Waals surface area contributed by atoms with Gasteiger partial charge in [-0.05, 0) is 80.1 Å². The summed E-state index contributed by atoms with van der Waals surface area (Å²) >= 11 is 0. The van der Waals surface area contributed by atoms with Gasteiger partial charge < -0.3 is 29.7 Å². The fourth-order valence-corrected chi connectivity index (χ4v) is 6.72. The molecule has 0 bridgehead atoms. The van der Waals surface area contributed by atoms with Crippen molar-refractivity contribution < 1.29 is 46.4 Å². The normalized spacial score (nSPS) is 20.1. The summed E-state index contributed by atoms with van der Waals surface area (Å²) < 4.78 is 69.0. The summed E-state index contributed by atoms with van der Waals surface area (Å²) in [4.78, 5) is 17.5. The molecule has 3 aliphatic rings. The van der Waals surface area contributed by atoms with Gasteiger partial charge in [0.15, 0.2) is 11.5 Å². The molecule has 3 N–H and O–H groups in total. The first-order valence-corrected chi connectivity index (χ1v) is 14.7. The molecule has 0 saturated carbocycles. The lowest BCUT2D eigenvalue weighted by atomic mass is 9.89. The Kier molecular flexibility index (Phi) is 7.70. The molecule has 2 aromatic rings. The number of nitrogens with zero attached hydrogens (tertiary/aromatic N) is 2. The van der Waals surface area contributed by atoms with Crippen LogP contribution in [0.15, 0.2) is 35.3 Å². The number of aliphatic imine (C=N–C) groups is 1. The fraction of sp³-hybridized carbons (Fsp3) is 0.481.